The highest BCUT2D eigenvalue weighted by Crippen LogP contribution is 2.54. The molecule has 6 rings (SSSR count). The van der Waals surface area contributed by atoms with Gasteiger partial charge in [0.15, 0.2) is 0 Å². The molecular weight excluding hydrogens is 320 g/mol. The zero-order valence-corrected chi connectivity index (χ0v) is 15.7. The Morgan fingerprint density at radius 1 is 0.885 bits per heavy atom. The van der Waals surface area contributed by atoms with Gasteiger partial charge in [0, 0.05) is 18.1 Å². The topological polar surface area (TPSA) is 22.4 Å². The van der Waals surface area contributed by atoms with E-state index in [4.69, 9.17) is 9.15 Å². The van der Waals surface area contributed by atoms with E-state index < -0.39 is 0 Å². The van der Waals surface area contributed by atoms with E-state index in [1.165, 1.54) is 60.6 Å². The fourth-order valence-electron chi connectivity index (χ4n) is 5.23. The molecule has 0 unspecified atom stereocenters. The first-order chi connectivity index (χ1) is 12.6. The Kier molecular flexibility index (Phi) is 3.55. The SMILES string of the molecule is COC12CCC(c3ccc(-c4cc5cccc(C)c5o4)cc3)(CC1)CC2. The third-order valence-corrected chi connectivity index (χ3v) is 7.13. The number of aryl methyl sites for hydroxylation is 1. The van der Waals surface area contributed by atoms with Crippen LogP contribution in [-0.4, -0.2) is 12.7 Å². The number of benzene rings is 2. The molecule has 3 aromatic rings. The molecule has 0 aliphatic heterocycles. The Balaban J connectivity index is 1.45. The molecule has 3 fully saturated rings. The summed E-state index contributed by atoms with van der Waals surface area (Å²) in [5.74, 6) is 0.962. The second-order valence-electron chi connectivity index (χ2n) is 8.35. The smallest absolute Gasteiger partial charge is 0.137 e. The normalized spacial score (nSPS) is 27.9. The molecule has 3 aliphatic rings. The second-order valence-corrected chi connectivity index (χ2v) is 8.35. The predicted molar refractivity (Wildman–Crippen MR) is 106 cm³/mol. The fourth-order valence-corrected chi connectivity index (χ4v) is 5.23. The van der Waals surface area contributed by atoms with E-state index >= 15 is 0 Å². The van der Waals surface area contributed by atoms with Crippen molar-refractivity contribution in [1.82, 2.24) is 0 Å². The minimum atomic E-state index is 0.174. The molecule has 2 nitrogen and oxygen atoms in total. The van der Waals surface area contributed by atoms with Gasteiger partial charge in [0.25, 0.3) is 0 Å². The summed E-state index contributed by atoms with van der Waals surface area (Å²) < 4.78 is 12.0. The molecule has 0 spiro atoms. The number of fused-ring (bicyclic) bond motifs is 4. The fraction of sp³-hybridized carbons (Fsp3) is 0.417. The quantitative estimate of drug-likeness (QED) is 0.547. The lowest BCUT2D eigenvalue weighted by molar-refractivity contribution is -0.0955. The van der Waals surface area contributed by atoms with Crippen molar-refractivity contribution in [2.75, 3.05) is 7.11 Å². The van der Waals surface area contributed by atoms with Crippen molar-refractivity contribution >= 4 is 11.0 Å². The summed E-state index contributed by atoms with van der Waals surface area (Å²) in [5, 5.41) is 1.18. The second kappa shape index (κ2) is 5.72. The Hall–Kier alpha value is -2.06. The van der Waals surface area contributed by atoms with Crippen LogP contribution in [0.5, 0.6) is 0 Å². The first kappa shape index (κ1) is 16.1. The molecule has 0 saturated heterocycles. The molecule has 0 amide bonds. The van der Waals surface area contributed by atoms with Crippen molar-refractivity contribution in [2.24, 2.45) is 0 Å². The molecule has 0 atom stereocenters. The van der Waals surface area contributed by atoms with Crippen LogP contribution in [-0.2, 0) is 10.2 Å². The maximum Gasteiger partial charge on any atom is 0.137 e. The lowest BCUT2D eigenvalue weighted by Crippen LogP contribution is -2.49. The Morgan fingerprint density at radius 3 is 2.19 bits per heavy atom. The van der Waals surface area contributed by atoms with Crippen LogP contribution in [0.25, 0.3) is 22.3 Å². The molecular formula is C24H26O2. The Morgan fingerprint density at radius 2 is 1.58 bits per heavy atom. The van der Waals surface area contributed by atoms with Gasteiger partial charge in [0.1, 0.15) is 11.3 Å². The molecule has 1 aromatic heterocycles. The van der Waals surface area contributed by atoms with Crippen molar-refractivity contribution in [3.05, 3.63) is 59.7 Å². The zero-order valence-electron chi connectivity index (χ0n) is 15.7. The average Bonchev–Trinajstić information content (AvgIpc) is 3.15. The summed E-state index contributed by atoms with van der Waals surface area (Å²) in [5.41, 5.74) is 5.39. The van der Waals surface area contributed by atoms with E-state index in [-0.39, 0.29) is 5.60 Å². The van der Waals surface area contributed by atoms with Crippen molar-refractivity contribution in [3.63, 3.8) is 0 Å². The maximum absolute atomic E-state index is 6.14. The number of para-hydroxylation sites is 1. The summed E-state index contributed by atoms with van der Waals surface area (Å²) in [7, 11) is 1.89. The van der Waals surface area contributed by atoms with E-state index in [2.05, 4.69) is 55.5 Å². The van der Waals surface area contributed by atoms with Gasteiger partial charge in [0.2, 0.25) is 0 Å². The van der Waals surface area contributed by atoms with Gasteiger partial charge in [-0.25, -0.2) is 0 Å². The standard InChI is InChI=1S/C24H26O2/c1-17-4-3-5-19-16-21(26-22(17)19)18-6-8-20(9-7-18)23-10-13-24(25-2,14-11-23)15-12-23/h3-9,16H,10-15H2,1-2H3. The van der Waals surface area contributed by atoms with Crippen LogP contribution in [0.3, 0.4) is 0 Å². The average molecular weight is 346 g/mol. The third-order valence-electron chi connectivity index (χ3n) is 7.13. The lowest BCUT2D eigenvalue weighted by Gasteiger charge is -2.53. The van der Waals surface area contributed by atoms with E-state index in [1.807, 2.05) is 7.11 Å². The van der Waals surface area contributed by atoms with Crippen molar-refractivity contribution in [2.45, 2.75) is 56.5 Å². The first-order valence-electron chi connectivity index (χ1n) is 9.78. The predicted octanol–water partition coefficient (Wildman–Crippen LogP) is 6.40. The minimum Gasteiger partial charge on any atom is -0.456 e. The van der Waals surface area contributed by atoms with E-state index in [9.17, 15) is 0 Å². The molecule has 134 valence electrons. The van der Waals surface area contributed by atoms with E-state index in [0.717, 1.165) is 11.3 Å². The van der Waals surface area contributed by atoms with Crippen LogP contribution >= 0.6 is 0 Å². The van der Waals surface area contributed by atoms with Gasteiger partial charge in [-0.3, -0.25) is 0 Å². The van der Waals surface area contributed by atoms with Gasteiger partial charge in [-0.15, -0.1) is 0 Å². The van der Waals surface area contributed by atoms with Gasteiger partial charge in [0.05, 0.1) is 5.60 Å². The molecule has 0 N–H and O–H groups in total. The monoisotopic (exact) mass is 346 g/mol. The number of methoxy groups -OCH3 is 1. The van der Waals surface area contributed by atoms with Crippen LogP contribution in [0.1, 0.15) is 49.7 Å². The highest BCUT2D eigenvalue weighted by molar-refractivity contribution is 5.85. The number of furan rings is 1. The molecule has 2 aromatic carbocycles. The Bertz CT molecular complexity index is 923. The van der Waals surface area contributed by atoms with Crippen molar-refractivity contribution in [3.8, 4) is 11.3 Å². The van der Waals surface area contributed by atoms with Crippen LogP contribution in [0.2, 0.25) is 0 Å². The maximum atomic E-state index is 6.14. The van der Waals surface area contributed by atoms with E-state index in [1.54, 1.807) is 0 Å². The number of hydrogen-bond acceptors (Lipinski definition) is 2. The summed E-state index contributed by atoms with van der Waals surface area (Å²) in [4.78, 5) is 0. The van der Waals surface area contributed by atoms with Crippen LogP contribution in [0.4, 0.5) is 0 Å². The molecule has 2 bridgehead atoms. The van der Waals surface area contributed by atoms with Gasteiger partial charge in [-0.2, -0.15) is 0 Å². The lowest BCUT2D eigenvalue weighted by atomic mass is 9.56. The molecule has 26 heavy (non-hydrogen) atoms. The third kappa shape index (κ3) is 2.35. The number of hydrogen-bond donors (Lipinski definition) is 0. The number of ether oxygens (including phenoxy) is 1. The Labute approximate surface area is 155 Å². The van der Waals surface area contributed by atoms with E-state index in [0.29, 0.717) is 5.41 Å². The number of rotatable bonds is 3. The van der Waals surface area contributed by atoms with Crippen LogP contribution < -0.4 is 0 Å². The highest BCUT2D eigenvalue weighted by Gasteiger charge is 2.49. The summed E-state index contributed by atoms with van der Waals surface area (Å²) >= 11 is 0. The molecule has 2 heteroatoms. The zero-order chi connectivity index (χ0) is 17.8. The van der Waals surface area contributed by atoms with Gasteiger partial charge >= 0.3 is 0 Å². The molecule has 3 saturated carbocycles. The van der Waals surface area contributed by atoms with Crippen molar-refractivity contribution in [1.29, 1.82) is 0 Å². The largest absolute Gasteiger partial charge is 0.456 e. The first-order valence-corrected chi connectivity index (χ1v) is 9.78. The van der Waals surface area contributed by atoms with Crippen LogP contribution in [0.15, 0.2) is 52.9 Å². The van der Waals surface area contributed by atoms with Crippen molar-refractivity contribution < 1.29 is 9.15 Å². The van der Waals surface area contributed by atoms with Gasteiger partial charge < -0.3 is 9.15 Å². The molecule has 0 radical (unpaired) electrons. The summed E-state index contributed by atoms with van der Waals surface area (Å²) in [6, 6.07) is 17.6. The minimum absolute atomic E-state index is 0.174. The van der Waals surface area contributed by atoms with Gasteiger partial charge in [-0.05, 0) is 68.1 Å². The van der Waals surface area contributed by atoms with Gasteiger partial charge in [-0.1, -0.05) is 42.5 Å². The summed E-state index contributed by atoms with van der Waals surface area (Å²) in [6.07, 6.45) is 7.37. The summed E-state index contributed by atoms with van der Waals surface area (Å²) in [6.45, 7) is 2.10. The van der Waals surface area contributed by atoms with Crippen LogP contribution in [0, 0.1) is 6.92 Å². The highest BCUT2D eigenvalue weighted by atomic mass is 16.5. The molecule has 3 aliphatic carbocycles. The molecule has 1 heterocycles.